The molecule has 1 unspecified atom stereocenters. The maximum absolute atomic E-state index is 12.7. The van der Waals surface area contributed by atoms with Gasteiger partial charge in [-0.05, 0) is 44.0 Å². The summed E-state index contributed by atoms with van der Waals surface area (Å²) in [5.41, 5.74) is 1.29. The largest absolute Gasteiger partial charge is 0.489 e. The zero-order chi connectivity index (χ0) is 16.0. The topological polar surface area (TPSA) is 42.0 Å². The molecule has 4 aliphatic heterocycles. The summed E-state index contributed by atoms with van der Waals surface area (Å²) in [4.78, 5) is 17.1. The molecule has 0 aromatic heterocycles. The van der Waals surface area contributed by atoms with Gasteiger partial charge in [0.1, 0.15) is 18.3 Å². The lowest BCUT2D eigenvalue weighted by molar-refractivity contribution is -0.0457. The molecular formula is C17H21ClN2O3. The van der Waals surface area contributed by atoms with E-state index in [1.54, 1.807) is 6.07 Å². The third-order valence-electron chi connectivity index (χ3n) is 5.19. The first-order valence-electron chi connectivity index (χ1n) is 8.22. The van der Waals surface area contributed by atoms with Gasteiger partial charge in [0, 0.05) is 18.6 Å². The van der Waals surface area contributed by atoms with Crippen LogP contribution in [0.3, 0.4) is 0 Å². The van der Waals surface area contributed by atoms with Crippen molar-refractivity contribution in [3.05, 3.63) is 22.7 Å². The SMILES string of the molecule is CN1CCOc2c(C(=O)OC3CN4CCC3CC4)cc(Cl)cc21. The van der Waals surface area contributed by atoms with Gasteiger partial charge in [-0.3, -0.25) is 4.90 Å². The summed E-state index contributed by atoms with van der Waals surface area (Å²) in [6, 6.07) is 3.49. The number of hydrogen-bond donors (Lipinski definition) is 0. The monoisotopic (exact) mass is 336 g/mol. The average molecular weight is 337 g/mol. The maximum Gasteiger partial charge on any atom is 0.342 e. The van der Waals surface area contributed by atoms with Crippen molar-refractivity contribution in [2.24, 2.45) is 5.92 Å². The number of hydrogen-bond acceptors (Lipinski definition) is 5. The fourth-order valence-electron chi connectivity index (χ4n) is 3.82. The Kier molecular flexibility index (Phi) is 3.85. The Hall–Kier alpha value is -1.46. The number of halogens is 1. The molecule has 0 saturated carbocycles. The van der Waals surface area contributed by atoms with Gasteiger partial charge < -0.3 is 14.4 Å². The Labute approximate surface area is 141 Å². The second-order valence-electron chi connectivity index (χ2n) is 6.65. The highest BCUT2D eigenvalue weighted by atomic mass is 35.5. The Morgan fingerprint density at radius 2 is 2.09 bits per heavy atom. The van der Waals surface area contributed by atoms with E-state index in [1.807, 2.05) is 13.1 Å². The molecule has 1 atom stereocenters. The van der Waals surface area contributed by atoms with Gasteiger partial charge in [0.05, 0.1) is 12.2 Å². The lowest BCUT2D eigenvalue weighted by Crippen LogP contribution is -2.51. The van der Waals surface area contributed by atoms with Crippen molar-refractivity contribution in [1.82, 2.24) is 4.90 Å². The van der Waals surface area contributed by atoms with Gasteiger partial charge in [-0.25, -0.2) is 4.79 Å². The van der Waals surface area contributed by atoms with E-state index in [2.05, 4.69) is 9.80 Å². The van der Waals surface area contributed by atoms with Crippen molar-refractivity contribution < 1.29 is 14.3 Å². The van der Waals surface area contributed by atoms with E-state index >= 15 is 0 Å². The molecule has 124 valence electrons. The maximum atomic E-state index is 12.7. The van der Waals surface area contributed by atoms with E-state index in [-0.39, 0.29) is 12.1 Å². The fourth-order valence-corrected chi connectivity index (χ4v) is 4.03. The van der Waals surface area contributed by atoms with Crippen molar-refractivity contribution in [1.29, 1.82) is 0 Å². The van der Waals surface area contributed by atoms with Crippen molar-refractivity contribution >= 4 is 23.3 Å². The summed E-state index contributed by atoms with van der Waals surface area (Å²) < 4.78 is 11.6. The highest BCUT2D eigenvalue weighted by molar-refractivity contribution is 6.31. The van der Waals surface area contributed by atoms with Crippen molar-refractivity contribution in [2.75, 3.05) is 44.7 Å². The molecule has 3 saturated heterocycles. The van der Waals surface area contributed by atoms with Crippen LogP contribution in [-0.2, 0) is 4.74 Å². The Balaban J connectivity index is 1.59. The number of piperidine rings is 3. The number of carbonyl (C=O) groups is 1. The number of esters is 1. The molecule has 0 N–H and O–H groups in total. The van der Waals surface area contributed by atoms with Gasteiger partial charge in [0.2, 0.25) is 0 Å². The predicted molar refractivity (Wildman–Crippen MR) is 88.6 cm³/mol. The fraction of sp³-hybridized carbons (Fsp3) is 0.588. The standard InChI is InChI=1S/C17H21ClN2O3/c1-19-6-7-22-16-13(8-12(18)9-14(16)19)17(21)23-15-10-20-4-2-11(15)3-5-20/h8-9,11,15H,2-7,10H2,1H3. The number of ether oxygens (including phenoxy) is 2. The van der Waals surface area contributed by atoms with E-state index in [0.717, 1.165) is 44.7 Å². The summed E-state index contributed by atoms with van der Waals surface area (Å²) in [5, 5.41) is 0.530. The minimum Gasteiger partial charge on any atom is -0.489 e. The minimum absolute atomic E-state index is 0.0130. The Morgan fingerprint density at radius 1 is 1.30 bits per heavy atom. The normalized spacial score (nSPS) is 29.0. The third-order valence-corrected chi connectivity index (χ3v) is 5.41. The molecule has 0 radical (unpaired) electrons. The third kappa shape index (κ3) is 2.76. The van der Waals surface area contributed by atoms with Gasteiger partial charge >= 0.3 is 5.97 Å². The number of carbonyl (C=O) groups excluding carboxylic acids is 1. The number of rotatable bonds is 2. The molecule has 0 spiro atoms. The van der Waals surface area contributed by atoms with E-state index in [0.29, 0.717) is 28.9 Å². The van der Waals surface area contributed by atoms with Crippen LogP contribution in [0.1, 0.15) is 23.2 Å². The number of fused-ring (bicyclic) bond motifs is 4. The first-order chi connectivity index (χ1) is 11.1. The van der Waals surface area contributed by atoms with Crippen LogP contribution in [0.25, 0.3) is 0 Å². The molecule has 23 heavy (non-hydrogen) atoms. The van der Waals surface area contributed by atoms with Gasteiger partial charge in [-0.2, -0.15) is 0 Å². The number of benzene rings is 1. The first kappa shape index (κ1) is 15.1. The summed E-state index contributed by atoms with van der Waals surface area (Å²) in [6.07, 6.45) is 2.22. The summed E-state index contributed by atoms with van der Waals surface area (Å²) in [5.74, 6) is 0.759. The molecule has 2 bridgehead atoms. The van der Waals surface area contributed by atoms with Crippen LogP contribution in [0.5, 0.6) is 5.75 Å². The second-order valence-corrected chi connectivity index (χ2v) is 7.09. The molecule has 3 fully saturated rings. The van der Waals surface area contributed by atoms with E-state index in [1.165, 1.54) is 0 Å². The van der Waals surface area contributed by atoms with Crippen molar-refractivity contribution in [3.8, 4) is 5.75 Å². The number of anilines is 1. The van der Waals surface area contributed by atoms with Crippen LogP contribution in [0.2, 0.25) is 5.02 Å². The smallest absolute Gasteiger partial charge is 0.342 e. The summed E-state index contributed by atoms with van der Waals surface area (Å²) >= 11 is 6.20. The van der Waals surface area contributed by atoms with Crippen molar-refractivity contribution in [2.45, 2.75) is 18.9 Å². The molecule has 5 nitrogen and oxygen atoms in total. The summed E-state index contributed by atoms with van der Waals surface area (Å²) in [6.45, 7) is 4.44. The molecule has 6 heteroatoms. The first-order valence-corrected chi connectivity index (χ1v) is 8.60. The lowest BCUT2D eigenvalue weighted by Gasteiger charge is -2.44. The highest BCUT2D eigenvalue weighted by Crippen LogP contribution is 2.38. The zero-order valence-corrected chi connectivity index (χ0v) is 14.0. The van der Waals surface area contributed by atoms with Crippen LogP contribution < -0.4 is 9.64 Å². The molecule has 0 aliphatic carbocycles. The molecule has 1 aromatic rings. The Bertz CT molecular complexity index is 629. The summed E-state index contributed by atoms with van der Waals surface area (Å²) in [7, 11) is 1.97. The van der Waals surface area contributed by atoms with Gasteiger partial charge in [-0.1, -0.05) is 11.6 Å². The van der Waals surface area contributed by atoms with Gasteiger partial charge in [0.15, 0.2) is 5.75 Å². The molecule has 4 heterocycles. The predicted octanol–water partition coefficient (Wildman–Crippen LogP) is 2.42. The Morgan fingerprint density at radius 3 is 2.78 bits per heavy atom. The van der Waals surface area contributed by atoms with Crippen LogP contribution in [0.4, 0.5) is 5.69 Å². The molecule has 5 rings (SSSR count). The van der Waals surface area contributed by atoms with Crippen LogP contribution >= 0.6 is 11.6 Å². The average Bonchev–Trinajstić information content (AvgIpc) is 2.56. The quantitative estimate of drug-likeness (QED) is 0.776. The van der Waals surface area contributed by atoms with Crippen LogP contribution in [-0.4, -0.2) is 56.8 Å². The molecule has 1 aromatic carbocycles. The van der Waals surface area contributed by atoms with E-state index in [4.69, 9.17) is 21.1 Å². The van der Waals surface area contributed by atoms with Gasteiger partial charge in [-0.15, -0.1) is 0 Å². The van der Waals surface area contributed by atoms with Gasteiger partial charge in [0.25, 0.3) is 0 Å². The van der Waals surface area contributed by atoms with Crippen molar-refractivity contribution in [3.63, 3.8) is 0 Å². The molecule has 0 amide bonds. The molecule has 4 aliphatic rings. The zero-order valence-electron chi connectivity index (χ0n) is 13.3. The van der Waals surface area contributed by atoms with E-state index in [9.17, 15) is 4.79 Å². The van der Waals surface area contributed by atoms with Crippen LogP contribution in [0.15, 0.2) is 12.1 Å². The second kappa shape index (κ2) is 5.87. The van der Waals surface area contributed by atoms with E-state index < -0.39 is 0 Å². The number of likely N-dealkylation sites (N-methyl/N-ethyl adjacent to an activating group) is 1. The lowest BCUT2D eigenvalue weighted by atomic mass is 9.86. The van der Waals surface area contributed by atoms with Crippen LogP contribution in [0, 0.1) is 5.92 Å². The highest BCUT2D eigenvalue weighted by Gasteiger charge is 2.37. The number of nitrogens with zero attached hydrogens (tertiary/aromatic N) is 2. The molecular weight excluding hydrogens is 316 g/mol. The minimum atomic E-state index is -0.321.